The zero-order chi connectivity index (χ0) is 14.6. The van der Waals surface area contributed by atoms with Crippen molar-refractivity contribution in [2.75, 3.05) is 10.6 Å². The van der Waals surface area contributed by atoms with Crippen molar-refractivity contribution < 1.29 is 14.0 Å². The van der Waals surface area contributed by atoms with Gasteiger partial charge in [-0.2, -0.15) is 0 Å². The van der Waals surface area contributed by atoms with Gasteiger partial charge in [-0.1, -0.05) is 6.92 Å². The third-order valence-corrected chi connectivity index (χ3v) is 2.75. The smallest absolute Gasteiger partial charge is 0.228 e. The van der Waals surface area contributed by atoms with Gasteiger partial charge in [-0.25, -0.2) is 4.39 Å². The maximum atomic E-state index is 13.6. The number of nitrogens with two attached hydrogens (primary N) is 1. The molecule has 6 heteroatoms. The fourth-order valence-electron chi connectivity index (χ4n) is 1.39. The van der Waals surface area contributed by atoms with E-state index >= 15 is 0 Å². The molecule has 0 aliphatic rings. The summed E-state index contributed by atoms with van der Waals surface area (Å²) in [5, 5.41) is 4.98. The largest absolute Gasteiger partial charge is 0.327 e. The number of carbonyl (C=O) groups is 2. The first-order chi connectivity index (χ1) is 8.81. The fourth-order valence-corrected chi connectivity index (χ4v) is 1.39. The van der Waals surface area contributed by atoms with Crippen LogP contribution in [0.3, 0.4) is 0 Å². The Bertz CT molecular complexity index is 489. The van der Waals surface area contributed by atoms with Crippen molar-refractivity contribution >= 4 is 23.2 Å². The molecule has 0 fully saturated rings. The summed E-state index contributed by atoms with van der Waals surface area (Å²) in [6.07, 6.45) is 0. The van der Waals surface area contributed by atoms with E-state index in [1.165, 1.54) is 25.1 Å². The Kier molecular flexibility index (Phi) is 5.00. The Hall–Kier alpha value is -1.95. The highest BCUT2D eigenvalue weighted by atomic mass is 19.1. The minimum atomic E-state index is -0.570. The second kappa shape index (κ2) is 6.29. The normalized spacial score (nSPS) is 13.5. The van der Waals surface area contributed by atoms with E-state index in [0.29, 0.717) is 5.69 Å². The average molecular weight is 267 g/mol. The van der Waals surface area contributed by atoms with Gasteiger partial charge in [-0.15, -0.1) is 0 Å². The van der Waals surface area contributed by atoms with E-state index in [1.807, 2.05) is 0 Å². The monoisotopic (exact) mass is 267 g/mol. The van der Waals surface area contributed by atoms with E-state index in [1.54, 1.807) is 13.8 Å². The lowest BCUT2D eigenvalue weighted by Crippen LogP contribution is -2.34. The van der Waals surface area contributed by atoms with Crippen LogP contribution in [0.1, 0.15) is 20.8 Å². The van der Waals surface area contributed by atoms with Gasteiger partial charge < -0.3 is 16.4 Å². The van der Waals surface area contributed by atoms with E-state index in [-0.39, 0.29) is 23.5 Å². The second-order valence-electron chi connectivity index (χ2n) is 4.51. The zero-order valence-electron chi connectivity index (χ0n) is 11.2. The summed E-state index contributed by atoms with van der Waals surface area (Å²) in [7, 11) is 0. The van der Waals surface area contributed by atoms with E-state index in [2.05, 4.69) is 10.6 Å². The maximum Gasteiger partial charge on any atom is 0.228 e. The van der Waals surface area contributed by atoms with Crippen LogP contribution in [0.5, 0.6) is 0 Å². The molecule has 0 saturated carbocycles. The van der Waals surface area contributed by atoms with Crippen LogP contribution >= 0.6 is 0 Å². The highest BCUT2D eigenvalue weighted by Gasteiger charge is 2.18. The Morgan fingerprint density at radius 1 is 1.26 bits per heavy atom. The van der Waals surface area contributed by atoms with Crippen molar-refractivity contribution in [3.05, 3.63) is 24.0 Å². The molecule has 1 aromatic carbocycles. The van der Waals surface area contributed by atoms with Crippen LogP contribution in [0.25, 0.3) is 0 Å². The Morgan fingerprint density at radius 2 is 1.89 bits per heavy atom. The molecule has 4 N–H and O–H groups in total. The average Bonchev–Trinajstić information content (AvgIpc) is 2.31. The molecule has 0 radical (unpaired) electrons. The van der Waals surface area contributed by atoms with Gasteiger partial charge in [0.05, 0.1) is 11.6 Å². The minimum Gasteiger partial charge on any atom is -0.327 e. The molecule has 1 rings (SSSR count). The van der Waals surface area contributed by atoms with Crippen LogP contribution in [0.4, 0.5) is 15.8 Å². The Balaban J connectivity index is 2.88. The van der Waals surface area contributed by atoms with E-state index in [0.717, 1.165) is 0 Å². The molecule has 2 unspecified atom stereocenters. The van der Waals surface area contributed by atoms with E-state index < -0.39 is 11.7 Å². The van der Waals surface area contributed by atoms with Gasteiger partial charge in [-0.3, -0.25) is 9.59 Å². The summed E-state index contributed by atoms with van der Waals surface area (Å²) in [6.45, 7) is 4.71. The molecule has 0 spiro atoms. The van der Waals surface area contributed by atoms with Gasteiger partial charge in [0.15, 0.2) is 0 Å². The van der Waals surface area contributed by atoms with Crippen molar-refractivity contribution in [2.45, 2.75) is 26.8 Å². The zero-order valence-corrected chi connectivity index (χ0v) is 11.2. The molecule has 2 amide bonds. The molecular formula is C13H18FN3O2. The number of rotatable bonds is 4. The van der Waals surface area contributed by atoms with Gasteiger partial charge in [0.2, 0.25) is 11.8 Å². The molecule has 0 heterocycles. The summed E-state index contributed by atoms with van der Waals surface area (Å²) in [5.41, 5.74) is 6.04. The predicted molar refractivity (Wildman–Crippen MR) is 72.1 cm³/mol. The first-order valence-corrected chi connectivity index (χ1v) is 5.95. The molecular weight excluding hydrogens is 249 g/mol. The number of halogens is 1. The summed E-state index contributed by atoms with van der Waals surface area (Å²) < 4.78 is 13.6. The molecule has 104 valence electrons. The van der Waals surface area contributed by atoms with Crippen LogP contribution in [0.2, 0.25) is 0 Å². The van der Waals surface area contributed by atoms with Crippen LogP contribution < -0.4 is 16.4 Å². The molecule has 5 nitrogen and oxygen atoms in total. The molecule has 1 aromatic rings. The van der Waals surface area contributed by atoms with Gasteiger partial charge >= 0.3 is 0 Å². The van der Waals surface area contributed by atoms with Crippen LogP contribution in [-0.4, -0.2) is 17.9 Å². The van der Waals surface area contributed by atoms with Gasteiger partial charge in [0.25, 0.3) is 0 Å². The quantitative estimate of drug-likeness (QED) is 0.776. The van der Waals surface area contributed by atoms with Crippen LogP contribution in [-0.2, 0) is 9.59 Å². The van der Waals surface area contributed by atoms with E-state index in [4.69, 9.17) is 5.73 Å². The van der Waals surface area contributed by atoms with Crippen molar-refractivity contribution in [3.63, 3.8) is 0 Å². The first-order valence-electron chi connectivity index (χ1n) is 5.95. The number of hydrogen-bond donors (Lipinski definition) is 3. The number of hydrogen-bond acceptors (Lipinski definition) is 3. The lowest BCUT2D eigenvalue weighted by atomic mass is 10.0. The number of benzene rings is 1. The topological polar surface area (TPSA) is 84.2 Å². The third-order valence-electron chi connectivity index (χ3n) is 2.75. The second-order valence-corrected chi connectivity index (χ2v) is 4.51. The fraction of sp³-hybridized carbons (Fsp3) is 0.385. The lowest BCUT2D eigenvalue weighted by molar-refractivity contribution is -0.119. The molecule has 19 heavy (non-hydrogen) atoms. The number of nitrogens with one attached hydrogen (secondary N) is 2. The third kappa shape index (κ3) is 4.33. The molecule has 0 bridgehead atoms. The molecule has 2 atom stereocenters. The predicted octanol–water partition coefficient (Wildman–Crippen LogP) is 1.71. The van der Waals surface area contributed by atoms with Gasteiger partial charge in [0.1, 0.15) is 5.82 Å². The van der Waals surface area contributed by atoms with E-state index in [9.17, 15) is 14.0 Å². The lowest BCUT2D eigenvalue weighted by Gasteiger charge is -2.16. The highest BCUT2D eigenvalue weighted by molar-refractivity contribution is 5.94. The van der Waals surface area contributed by atoms with Crippen molar-refractivity contribution in [3.8, 4) is 0 Å². The minimum absolute atomic E-state index is 0.0174. The SMILES string of the molecule is CC(=O)Nc1ccc(F)c(NC(=O)C(C)C(C)N)c1. The summed E-state index contributed by atoms with van der Waals surface area (Å²) >= 11 is 0. The van der Waals surface area contributed by atoms with Gasteiger partial charge in [-0.05, 0) is 25.1 Å². The Labute approximate surface area is 111 Å². The highest BCUT2D eigenvalue weighted by Crippen LogP contribution is 2.20. The van der Waals surface area contributed by atoms with Crippen LogP contribution in [0, 0.1) is 11.7 Å². The Morgan fingerprint density at radius 3 is 2.42 bits per heavy atom. The molecule has 0 saturated heterocycles. The summed E-state index contributed by atoms with van der Waals surface area (Å²) in [5.74, 6) is -1.65. The summed E-state index contributed by atoms with van der Waals surface area (Å²) in [6, 6.07) is 3.63. The van der Waals surface area contributed by atoms with Crippen molar-refractivity contribution in [1.29, 1.82) is 0 Å². The number of anilines is 2. The van der Waals surface area contributed by atoms with Crippen molar-refractivity contribution in [1.82, 2.24) is 0 Å². The van der Waals surface area contributed by atoms with Gasteiger partial charge in [0, 0.05) is 18.7 Å². The maximum absolute atomic E-state index is 13.6. The van der Waals surface area contributed by atoms with Crippen molar-refractivity contribution in [2.24, 2.45) is 11.7 Å². The molecule has 0 aliphatic carbocycles. The molecule has 0 aliphatic heterocycles. The van der Waals surface area contributed by atoms with Crippen LogP contribution in [0.15, 0.2) is 18.2 Å². The number of amides is 2. The molecule has 0 aromatic heterocycles. The standard InChI is InChI=1S/C13H18FN3O2/c1-7(8(2)15)13(19)17-12-6-10(16-9(3)18)4-5-11(12)14/h4-8H,15H2,1-3H3,(H,16,18)(H,17,19). The first kappa shape index (κ1) is 15.1. The summed E-state index contributed by atoms with van der Waals surface area (Å²) in [4.78, 5) is 22.7. The number of carbonyl (C=O) groups excluding carboxylic acids is 2.